The van der Waals surface area contributed by atoms with Crippen LogP contribution in [0.3, 0.4) is 0 Å². The maximum atomic E-state index is 13.1. The molecule has 0 aromatic heterocycles. The van der Waals surface area contributed by atoms with E-state index in [0.717, 1.165) is 6.42 Å². The fourth-order valence-corrected chi connectivity index (χ4v) is 4.18. The highest BCUT2D eigenvalue weighted by Gasteiger charge is 2.82. The Kier molecular flexibility index (Phi) is 35.8. The number of carbonyl (C=O) groups excluding carboxylic acids is 3. The van der Waals surface area contributed by atoms with Crippen molar-refractivity contribution in [1.82, 2.24) is 0 Å². The van der Waals surface area contributed by atoms with Crippen LogP contribution in [0.5, 0.6) is 0 Å². The molecule has 0 aliphatic carbocycles. The molecule has 0 aliphatic heterocycles. The average molecular weight is 1130 g/mol. The van der Waals surface area contributed by atoms with Crippen LogP contribution in [-0.2, 0) is 61.8 Å². The molecule has 2 unspecified atom stereocenters. The number of halogens is 18. The first-order chi connectivity index (χ1) is 33.8. The average Bonchev–Trinajstić information content (AvgIpc) is 3.30. The Bertz CT molecular complexity index is 1520. The molecule has 0 aromatic carbocycles. The van der Waals surface area contributed by atoms with Crippen molar-refractivity contribution < 1.29 is 141 Å². The molecule has 0 saturated heterocycles. The Balaban J connectivity index is -0.00000103. The minimum absolute atomic E-state index is 0.0616. The van der Waals surface area contributed by atoms with Crippen LogP contribution in [0.1, 0.15) is 80.6 Å². The highest BCUT2D eigenvalue weighted by Crippen LogP contribution is 2.55. The van der Waals surface area contributed by atoms with Gasteiger partial charge in [0.2, 0.25) is 0 Å². The summed E-state index contributed by atoms with van der Waals surface area (Å²) in [5, 5.41) is 0. The largest absolute Gasteiger partial charge is 0.465 e. The SMILES string of the molecule is CCC(C)(C)C(=O)OCCC(F)(F)C(F)(F)C(F)(F)C(F)(F)F.CCC(C)C(=O)OCCC(F)(F)C(F)(F)C(F)(F)C(F)(F)F.CCC(C)C(=O)OCCOCCOCCOCCOCCOCCOCCOC. The van der Waals surface area contributed by atoms with Crippen molar-refractivity contribution >= 4 is 17.9 Å². The molecule has 0 amide bonds. The standard InChI is InChI=1S/C20H40O9.C12H15F9O2.C11H13F9O2/c1-4-19(2)20(21)29-18-17-28-16-15-27-14-13-26-12-11-25-10-9-24-8-7-23-6-5-22-3;1-4-8(2,3)7(22)23-6-5-9(13,14)10(15,16)11(17,18)12(19,20)21;1-3-6(2)7(21)22-5-4-8(12,13)9(14,15)10(16,17)11(18,19)20/h19H,4-18H2,1-3H3;4-6H2,1-3H3;6H,3-5H2,1-2H3. The molecule has 0 aromatic rings. The zero-order valence-electron chi connectivity index (χ0n) is 42.1. The fourth-order valence-electron chi connectivity index (χ4n) is 4.18. The third-order valence-electron chi connectivity index (χ3n) is 9.96. The van der Waals surface area contributed by atoms with E-state index in [9.17, 15) is 93.4 Å². The van der Waals surface area contributed by atoms with E-state index in [-0.39, 0.29) is 31.3 Å². The molecule has 444 valence electrons. The molecule has 2 atom stereocenters. The lowest BCUT2D eigenvalue weighted by atomic mass is 9.91. The van der Waals surface area contributed by atoms with Gasteiger partial charge in [-0.25, -0.2) is 0 Å². The molecule has 31 heteroatoms. The summed E-state index contributed by atoms with van der Waals surface area (Å²) >= 11 is 0. The Hall–Kier alpha value is -3.13. The van der Waals surface area contributed by atoms with Crippen molar-refractivity contribution in [2.75, 3.05) is 113 Å². The van der Waals surface area contributed by atoms with Gasteiger partial charge in [-0.3, -0.25) is 14.4 Å². The van der Waals surface area contributed by atoms with Gasteiger partial charge in [0.15, 0.2) is 0 Å². The molecular weight excluding hydrogens is 1070 g/mol. The van der Waals surface area contributed by atoms with Crippen LogP contribution in [0, 0.1) is 17.3 Å². The first kappa shape index (κ1) is 75.1. The molecule has 0 rings (SSSR count). The van der Waals surface area contributed by atoms with E-state index in [2.05, 4.69) is 9.47 Å². The number of methoxy groups -OCH3 is 1. The zero-order chi connectivity index (χ0) is 58.3. The highest BCUT2D eigenvalue weighted by atomic mass is 19.4. The van der Waals surface area contributed by atoms with Crippen LogP contribution in [0.15, 0.2) is 0 Å². The van der Waals surface area contributed by atoms with E-state index in [1.807, 2.05) is 13.8 Å². The smallest absolute Gasteiger partial charge is 0.460 e. The molecule has 0 heterocycles. The second-order valence-electron chi connectivity index (χ2n) is 16.2. The number of rotatable bonds is 37. The number of carbonyl (C=O) groups is 3. The van der Waals surface area contributed by atoms with Crippen LogP contribution in [0.4, 0.5) is 79.0 Å². The van der Waals surface area contributed by atoms with E-state index in [0.29, 0.717) is 85.9 Å². The predicted molar refractivity (Wildman–Crippen MR) is 224 cm³/mol. The van der Waals surface area contributed by atoms with Crippen LogP contribution in [-0.4, -0.2) is 179 Å². The maximum Gasteiger partial charge on any atom is 0.460 e. The molecule has 0 aliphatic rings. The quantitative estimate of drug-likeness (QED) is 0.0252. The first-order valence-corrected chi connectivity index (χ1v) is 22.6. The number of hydrogen-bond acceptors (Lipinski definition) is 13. The minimum atomic E-state index is -6.93. The van der Waals surface area contributed by atoms with Gasteiger partial charge < -0.3 is 47.4 Å². The lowest BCUT2D eigenvalue weighted by Crippen LogP contribution is -2.61. The number of alkyl halides is 18. The summed E-state index contributed by atoms with van der Waals surface area (Å²) in [5.74, 6) is -41.8. The summed E-state index contributed by atoms with van der Waals surface area (Å²) in [7, 11) is 1.64. The Morgan fingerprint density at radius 1 is 0.378 bits per heavy atom. The van der Waals surface area contributed by atoms with E-state index < -0.39 is 97.2 Å². The van der Waals surface area contributed by atoms with E-state index >= 15 is 0 Å². The van der Waals surface area contributed by atoms with Crippen LogP contribution in [0.25, 0.3) is 0 Å². The molecule has 0 spiro atoms. The summed E-state index contributed by atoms with van der Waals surface area (Å²) in [6.07, 6.45) is -16.9. The van der Waals surface area contributed by atoms with Gasteiger partial charge in [0.25, 0.3) is 0 Å². The molecule has 0 N–H and O–H groups in total. The monoisotopic (exact) mass is 1130 g/mol. The summed E-state index contributed by atoms with van der Waals surface area (Å²) in [6.45, 7) is 15.0. The van der Waals surface area contributed by atoms with E-state index in [1.54, 1.807) is 7.11 Å². The van der Waals surface area contributed by atoms with Gasteiger partial charge in [-0.2, -0.15) is 79.0 Å². The van der Waals surface area contributed by atoms with Gasteiger partial charge in [-0.15, -0.1) is 0 Å². The van der Waals surface area contributed by atoms with Crippen molar-refractivity contribution in [3.05, 3.63) is 0 Å². The Morgan fingerprint density at radius 3 is 0.892 bits per heavy atom. The zero-order valence-corrected chi connectivity index (χ0v) is 42.1. The minimum Gasteiger partial charge on any atom is -0.465 e. The van der Waals surface area contributed by atoms with Gasteiger partial charge >= 0.3 is 65.8 Å². The first-order valence-electron chi connectivity index (χ1n) is 22.6. The molecule has 13 nitrogen and oxygen atoms in total. The molecule has 0 radical (unpaired) electrons. The summed E-state index contributed by atoms with van der Waals surface area (Å²) in [4.78, 5) is 33.9. The van der Waals surface area contributed by atoms with E-state index in [4.69, 9.17) is 37.9 Å². The molecule has 0 fully saturated rings. The van der Waals surface area contributed by atoms with Gasteiger partial charge in [0.05, 0.1) is 129 Å². The van der Waals surface area contributed by atoms with Crippen LogP contribution >= 0.6 is 0 Å². The summed E-state index contributed by atoms with van der Waals surface area (Å²) < 4.78 is 276. The normalized spacial score (nSPS) is 14.0. The summed E-state index contributed by atoms with van der Waals surface area (Å²) in [5.41, 5.74) is -1.15. The van der Waals surface area contributed by atoms with Crippen molar-refractivity contribution in [2.45, 2.75) is 128 Å². The van der Waals surface area contributed by atoms with Gasteiger partial charge in [0.1, 0.15) is 6.61 Å². The summed E-state index contributed by atoms with van der Waals surface area (Å²) in [6, 6.07) is 0. The predicted octanol–water partition coefficient (Wildman–Crippen LogP) is 10.6. The number of hydrogen-bond donors (Lipinski definition) is 0. The molecule has 0 saturated carbocycles. The topological polar surface area (TPSA) is 144 Å². The fraction of sp³-hybridized carbons (Fsp3) is 0.930. The van der Waals surface area contributed by atoms with Crippen LogP contribution in [0.2, 0.25) is 0 Å². The molecular formula is C43H68F18O13. The highest BCUT2D eigenvalue weighted by molar-refractivity contribution is 5.75. The number of ether oxygens (including phenoxy) is 10. The van der Waals surface area contributed by atoms with Crippen molar-refractivity contribution in [1.29, 1.82) is 0 Å². The lowest BCUT2D eigenvalue weighted by Gasteiger charge is -2.33. The molecule has 74 heavy (non-hydrogen) atoms. The van der Waals surface area contributed by atoms with Gasteiger partial charge in [-0.05, 0) is 33.1 Å². The van der Waals surface area contributed by atoms with Crippen molar-refractivity contribution in [2.24, 2.45) is 17.3 Å². The van der Waals surface area contributed by atoms with Gasteiger partial charge in [-0.1, -0.05) is 34.6 Å². The third-order valence-corrected chi connectivity index (χ3v) is 9.96. The third kappa shape index (κ3) is 26.8. The maximum absolute atomic E-state index is 13.1. The number of esters is 3. The van der Waals surface area contributed by atoms with E-state index in [1.165, 1.54) is 34.6 Å². The second-order valence-corrected chi connectivity index (χ2v) is 16.2. The second kappa shape index (κ2) is 35.3. The van der Waals surface area contributed by atoms with Crippen LogP contribution < -0.4 is 0 Å². The van der Waals surface area contributed by atoms with Gasteiger partial charge in [0, 0.05) is 7.11 Å². The molecule has 0 bridgehead atoms. The Labute approximate surface area is 417 Å². The Morgan fingerprint density at radius 2 is 0.635 bits per heavy atom. The van der Waals surface area contributed by atoms with Crippen molar-refractivity contribution in [3.8, 4) is 0 Å². The lowest BCUT2D eigenvalue weighted by molar-refractivity contribution is -0.397. The van der Waals surface area contributed by atoms with Crippen molar-refractivity contribution in [3.63, 3.8) is 0 Å².